The number of nitrogens with one attached hydrogen (secondary N) is 1. The minimum Gasteiger partial charge on any atom is -0.487 e. The molecule has 1 fully saturated rings. The summed E-state index contributed by atoms with van der Waals surface area (Å²) in [6.45, 7) is 0.0412. The molecule has 1 aromatic heterocycles. The molecule has 172 valence electrons. The molecule has 5 rings (SSSR count). The van der Waals surface area contributed by atoms with Crippen LogP contribution in [0.2, 0.25) is 0 Å². The number of aldehydes is 1. The van der Waals surface area contributed by atoms with Crippen molar-refractivity contribution in [3.05, 3.63) is 78.4 Å². The van der Waals surface area contributed by atoms with Crippen molar-refractivity contribution in [2.24, 2.45) is 0 Å². The second-order valence-corrected chi connectivity index (χ2v) is 8.82. The van der Waals surface area contributed by atoms with Gasteiger partial charge in [-0.1, -0.05) is 42.5 Å². The molecule has 0 aliphatic carbocycles. The Morgan fingerprint density at radius 3 is 2.71 bits per heavy atom. The third-order valence-electron chi connectivity index (χ3n) is 5.42. The molecule has 1 atom stereocenters. The Balaban J connectivity index is 1.60. The van der Waals surface area contributed by atoms with Crippen molar-refractivity contribution in [2.45, 2.75) is 13.2 Å². The van der Waals surface area contributed by atoms with Crippen LogP contribution in [0.4, 0.5) is 10.1 Å². The fourth-order valence-corrected chi connectivity index (χ4v) is 4.74. The summed E-state index contributed by atoms with van der Waals surface area (Å²) in [7, 11) is 0. The van der Waals surface area contributed by atoms with Gasteiger partial charge in [-0.15, -0.1) is 0 Å². The molecule has 0 saturated carbocycles. The van der Waals surface area contributed by atoms with Gasteiger partial charge in [0.05, 0.1) is 12.7 Å². The van der Waals surface area contributed by atoms with Gasteiger partial charge in [-0.2, -0.15) is 5.10 Å². The normalized spacial score (nSPS) is 15.5. The van der Waals surface area contributed by atoms with Crippen LogP contribution in [0.5, 0.6) is 5.75 Å². The second-order valence-electron chi connectivity index (χ2n) is 7.68. The number of aromatic nitrogens is 2. The van der Waals surface area contributed by atoms with Gasteiger partial charge in [-0.05, 0) is 28.6 Å². The predicted molar refractivity (Wildman–Crippen MR) is 126 cm³/mol. The van der Waals surface area contributed by atoms with E-state index in [4.69, 9.17) is 4.74 Å². The smallest absolute Gasteiger partial charge is 0.253 e. The van der Waals surface area contributed by atoms with Crippen molar-refractivity contribution in [3.8, 4) is 16.9 Å². The lowest BCUT2D eigenvalue weighted by molar-refractivity contribution is -0.117. The molecule has 1 unspecified atom stereocenters. The van der Waals surface area contributed by atoms with Crippen LogP contribution in [0.25, 0.3) is 21.9 Å². The topological polar surface area (TPSA) is 93.5 Å². The van der Waals surface area contributed by atoms with E-state index in [0.29, 0.717) is 10.9 Å². The molecule has 2 heterocycles. The highest BCUT2D eigenvalue weighted by atomic mass is 32.2. The largest absolute Gasteiger partial charge is 0.487 e. The van der Waals surface area contributed by atoms with Crippen molar-refractivity contribution in [3.63, 3.8) is 0 Å². The molecular weight excluding hydrogens is 459 g/mol. The third kappa shape index (κ3) is 4.15. The first-order valence-electron chi connectivity index (χ1n) is 10.4. The van der Waals surface area contributed by atoms with Crippen molar-refractivity contribution >= 4 is 39.8 Å². The summed E-state index contributed by atoms with van der Waals surface area (Å²) >= 11 is -1.93. The number of hydrogen-bond donors (Lipinski definition) is 1. The van der Waals surface area contributed by atoms with Crippen LogP contribution in [-0.2, 0) is 33.9 Å². The van der Waals surface area contributed by atoms with Crippen molar-refractivity contribution in [2.75, 3.05) is 10.8 Å². The Kier molecular flexibility index (Phi) is 5.81. The van der Waals surface area contributed by atoms with Crippen LogP contribution in [0.1, 0.15) is 5.56 Å². The van der Waals surface area contributed by atoms with E-state index in [1.165, 1.54) is 4.68 Å². The third-order valence-corrected chi connectivity index (χ3v) is 6.54. The minimum atomic E-state index is -1.93. The molecule has 1 aliphatic rings. The fourth-order valence-electron chi connectivity index (χ4n) is 3.80. The van der Waals surface area contributed by atoms with Crippen molar-refractivity contribution < 1.29 is 22.9 Å². The average Bonchev–Trinajstić information content (AvgIpc) is 3.44. The van der Waals surface area contributed by atoms with E-state index >= 15 is 4.39 Å². The van der Waals surface area contributed by atoms with Gasteiger partial charge in [-0.3, -0.25) is 18.5 Å². The molecule has 4 aromatic rings. The number of carbonyl (C=O) groups is 2. The molecule has 0 radical (unpaired) electrons. The molecule has 3 aromatic carbocycles. The molecule has 8 nitrogen and oxygen atoms in total. The lowest BCUT2D eigenvalue weighted by Crippen LogP contribution is -2.24. The average molecular weight is 479 g/mol. The lowest BCUT2D eigenvalue weighted by atomic mass is 10.0. The minimum absolute atomic E-state index is 0.0473. The van der Waals surface area contributed by atoms with E-state index in [-0.39, 0.29) is 36.5 Å². The highest BCUT2D eigenvalue weighted by Crippen LogP contribution is 2.40. The lowest BCUT2D eigenvalue weighted by Gasteiger charge is -2.21. The number of nitrogens with zero attached hydrogens (tertiary/aromatic N) is 3. The van der Waals surface area contributed by atoms with Crippen molar-refractivity contribution in [1.82, 2.24) is 14.5 Å². The maximum atomic E-state index is 16.0. The molecule has 1 aliphatic heterocycles. The maximum absolute atomic E-state index is 16.0. The summed E-state index contributed by atoms with van der Waals surface area (Å²) in [6.07, 6.45) is 4.04. The summed E-state index contributed by atoms with van der Waals surface area (Å²) < 4.78 is 39.4. The molecule has 0 spiro atoms. The van der Waals surface area contributed by atoms with E-state index in [2.05, 4.69) is 9.82 Å². The monoisotopic (exact) mass is 478 g/mol. The maximum Gasteiger partial charge on any atom is 0.253 e. The van der Waals surface area contributed by atoms with Gasteiger partial charge in [0.2, 0.25) is 11.2 Å². The summed E-state index contributed by atoms with van der Waals surface area (Å²) in [6, 6.07) is 16.3. The van der Waals surface area contributed by atoms with Crippen LogP contribution in [0.15, 0.2) is 67.0 Å². The first-order valence-corrected chi connectivity index (χ1v) is 11.5. The van der Waals surface area contributed by atoms with Gasteiger partial charge < -0.3 is 9.53 Å². The summed E-state index contributed by atoms with van der Waals surface area (Å²) in [5.74, 6) is -0.930. The van der Waals surface area contributed by atoms with Gasteiger partial charge in [0.25, 0.3) is 5.91 Å². The Morgan fingerprint density at radius 1 is 1.15 bits per heavy atom. The summed E-state index contributed by atoms with van der Waals surface area (Å²) in [5.41, 5.74) is 2.25. The number of benzene rings is 3. The van der Waals surface area contributed by atoms with Gasteiger partial charge >= 0.3 is 0 Å². The molecule has 10 heteroatoms. The van der Waals surface area contributed by atoms with E-state index in [1.807, 2.05) is 36.4 Å². The predicted octanol–water partition coefficient (Wildman–Crippen LogP) is 3.14. The van der Waals surface area contributed by atoms with Gasteiger partial charge in [0, 0.05) is 17.1 Å². The first-order chi connectivity index (χ1) is 16.5. The van der Waals surface area contributed by atoms with E-state index in [0.717, 1.165) is 21.7 Å². The highest BCUT2D eigenvalue weighted by molar-refractivity contribution is 7.85. The van der Waals surface area contributed by atoms with Gasteiger partial charge in [0.15, 0.2) is 5.82 Å². The highest BCUT2D eigenvalue weighted by Gasteiger charge is 2.32. The Hall–Kier alpha value is -4.05. The zero-order valence-electron chi connectivity index (χ0n) is 17.8. The van der Waals surface area contributed by atoms with Crippen LogP contribution >= 0.6 is 0 Å². The quantitative estimate of drug-likeness (QED) is 0.412. The van der Waals surface area contributed by atoms with Gasteiger partial charge in [-0.25, -0.2) is 8.60 Å². The van der Waals surface area contributed by atoms with Crippen LogP contribution in [-0.4, -0.2) is 32.7 Å². The number of amides is 1. The molecule has 34 heavy (non-hydrogen) atoms. The number of ether oxygens (including phenoxy) is 1. The number of fused-ring (bicyclic) bond motifs is 1. The van der Waals surface area contributed by atoms with Gasteiger partial charge in [0.1, 0.15) is 30.9 Å². The molecule has 1 amide bonds. The molecule has 0 bridgehead atoms. The summed E-state index contributed by atoms with van der Waals surface area (Å²) in [5, 5.41) is 4.99. The van der Waals surface area contributed by atoms with Crippen LogP contribution in [0, 0.1) is 5.82 Å². The van der Waals surface area contributed by atoms with Crippen LogP contribution in [0.3, 0.4) is 0 Å². The Bertz CT molecular complexity index is 1420. The zero-order chi connectivity index (χ0) is 23.7. The van der Waals surface area contributed by atoms with Crippen molar-refractivity contribution in [1.29, 1.82) is 0 Å². The number of anilines is 1. The standard InChI is InChI=1S/C24H19FN4O4S/c25-23-20-10-17(19-12-26-28(13-19)8-9-30)6-7-18(20)11-21(33-15-16-4-2-1-3-5-16)24(23)29-14-22(31)27-34(29)32/h1-7,9-13H,8,14-15H2,(H,27,31). The molecule has 1 N–H and O–H groups in total. The SMILES string of the molecule is O=CCn1cc(-c2ccc3cc(OCc4ccccc4)c(N4CC(=O)NS4=O)c(F)c3c2)cn1. The first kappa shape index (κ1) is 21.8. The van der Waals surface area contributed by atoms with E-state index < -0.39 is 22.9 Å². The molecular formula is C24H19FN4O4S. The number of hydrogen-bond acceptors (Lipinski definition) is 5. The van der Waals surface area contributed by atoms with Crippen LogP contribution < -0.4 is 13.8 Å². The number of halogens is 1. The number of carbonyl (C=O) groups excluding carboxylic acids is 2. The Morgan fingerprint density at radius 2 is 1.97 bits per heavy atom. The van der Waals surface area contributed by atoms with E-state index in [9.17, 15) is 13.8 Å². The fraction of sp³-hybridized carbons (Fsp3) is 0.125. The number of rotatable bonds is 7. The Labute approximate surface area is 196 Å². The zero-order valence-corrected chi connectivity index (χ0v) is 18.6. The molecule has 1 saturated heterocycles. The second kappa shape index (κ2) is 9.06. The summed E-state index contributed by atoms with van der Waals surface area (Å²) in [4.78, 5) is 22.6. The van der Waals surface area contributed by atoms with E-state index in [1.54, 1.807) is 30.6 Å².